The van der Waals surface area contributed by atoms with Crippen molar-refractivity contribution in [1.82, 2.24) is 15.0 Å². The Bertz CT molecular complexity index is 1470. The Balaban J connectivity index is 1.74. The summed E-state index contributed by atoms with van der Waals surface area (Å²) in [6.07, 6.45) is 0. The van der Waals surface area contributed by atoms with E-state index in [0.717, 1.165) is 21.7 Å². The fourth-order valence-corrected chi connectivity index (χ4v) is 3.99. The minimum atomic E-state index is 0.0314. The summed E-state index contributed by atoms with van der Waals surface area (Å²) in [4.78, 5) is 13.8. The molecule has 0 bridgehead atoms. The second-order valence-corrected chi connectivity index (χ2v) is 7.50. The van der Waals surface area contributed by atoms with E-state index in [9.17, 15) is 5.11 Å². The maximum Gasteiger partial charge on any atom is 0.320 e. The molecule has 0 unspecified atom stereocenters. The van der Waals surface area contributed by atoms with Gasteiger partial charge in [0.25, 0.3) is 0 Å². The summed E-state index contributed by atoms with van der Waals surface area (Å²) in [5.74, 6) is 1.43. The molecule has 33 heavy (non-hydrogen) atoms. The smallest absolute Gasteiger partial charge is 0.320 e. The van der Waals surface area contributed by atoms with Crippen LogP contribution in [-0.4, -0.2) is 33.3 Å². The topological polar surface area (TPSA) is 77.4 Å². The van der Waals surface area contributed by atoms with Crippen LogP contribution >= 0.6 is 0 Å². The summed E-state index contributed by atoms with van der Waals surface area (Å²) in [7, 11) is 0. The Morgan fingerprint density at radius 3 is 2.06 bits per heavy atom. The molecule has 164 valence electrons. The van der Waals surface area contributed by atoms with Crippen molar-refractivity contribution in [3.8, 4) is 40.3 Å². The number of phenols is 1. The lowest BCUT2D eigenvalue weighted by atomic mass is 9.97. The zero-order chi connectivity index (χ0) is 22.8. The third kappa shape index (κ3) is 3.91. The van der Waals surface area contributed by atoms with E-state index in [1.807, 2.05) is 38.1 Å². The number of hydrogen-bond acceptors (Lipinski definition) is 6. The van der Waals surface area contributed by atoms with E-state index in [-0.39, 0.29) is 11.8 Å². The van der Waals surface area contributed by atoms with Crippen molar-refractivity contribution < 1.29 is 14.6 Å². The summed E-state index contributed by atoms with van der Waals surface area (Å²) in [6.45, 7) is 4.70. The van der Waals surface area contributed by atoms with Gasteiger partial charge in [0.05, 0.1) is 18.8 Å². The third-order valence-electron chi connectivity index (χ3n) is 5.42. The molecule has 5 rings (SSSR count). The standard InChI is InChI=1S/C27H23N3O3/c1-3-32-18-13-14-22(24(31)16-18)25-28-26(30-27(29-25)33-4-2)23-15-17-9-5-6-10-19(17)20-11-7-8-12-21(20)23/h5-16,31H,3-4H2,1-2H3. The molecular weight excluding hydrogens is 414 g/mol. The van der Waals surface area contributed by atoms with E-state index < -0.39 is 0 Å². The molecule has 0 saturated heterocycles. The summed E-state index contributed by atoms with van der Waals surface area (Å²) >= 11 is 0. The van der Waals surface area contributed by atoms with E-state index >= 15 is 0 Å². The molecule has 0 fully saturated rings. The van der Waals surface area contributed by atoms with Crippen LogP contribution in [0.5, 0.6) is 17.5 Å². The van der Waals surface area contributed by atoms with Gasteiger partial charge in [-0.05, 0) is 53.6 Å². The maximum atomic E-state index is 10.6. The van der Waals surface area contributed by atoms with Gasteiger partial charge < -0.3 is 14.6 Å². The van der Waals surface area contributed by atoms with Crippen LogP contribution in [0.3, 0.4) is 0 Å². The summed E-state index contributed by atoms with van der Waals surface area (Å²) in [6, 6.07) is 23.8. The van der Waals surface area contributed by atoms with Gasteiger partial charge in [-0.15, -0.1) is 0 Å². The molecule has 0 aliphatic rings. The quantitative estimate of drug-likeness (QED) is 0.328. The normalized spacial score (nSPS) is 11.1. The van der Waals surface area contributed by atoms with Crippen LogP contribution in [0.1, 0.15) is 13.8 Å². The average molecular weight is 437 g/mol. The van der Waals surface area contributed by atoms with Gasteiger partial charge in [0.15, 0.2) is 11.6 Å². The lowest BCUT2D eigenvalue weighted by Gasteiger charge is -2.13. The Morgan fingerprint density at radius 2 is 1.33 bits per heavy atom. The molecule has 1 heterocycles. The van der Waals surface area contributed by atoms with Crippen molar-refractivity contribution in [2.24, 2.45) is 0 Å². The number of nitrogens with zero attached hydrogens (tertiary/aromatic N) is 3. The van der Waals surface area contributed by atoms with E-state index in [4.69, 9.17) is 14.5 Å². The molecule has 0 aliphatic carbocycles. The Hall–Kier alpha value is -4.19. The number of aromatic nitrogens is 3. The Labute approximate surface area is 191 Å². The number of aromatic hydroxyl groups is 1. The first-order valence-electron chi connectivity index (χ1n) is 10.9. The highest BCUT2D eigenvalue weighted by Gasteiger charge is 2.17. The van der Waals surface area contributed by atoms with E-state index in [2.05, 4.69) is 40.3 Å². The van der Waals surface area contributed by atoms with Gasteiger partial charge in [0.2, 0.25) is 0 Å². The molecule has 0 radical (unpaired) electrons. The monoisotopic (exact) mass is 437 g/mol. The van der Waals surface area contributed by atoms with Gasteiger partial charge >= 0.3 is 6.01 Å². The van der Waals surface area contributed by atoms with E-state index in [1.54, 1.807) is 18.2 Å². The van der Waals surface area contributed by atoms with Gasteiger partial charge in [0.1, 0.15) is 11.5 Å². The number of ether oxygens (including phenoxy) is 2. The Kier molecular flexibility index (Phi) is 5.48. The molecule has 6 nitrogen and oxygen atoms in total. The summed E-state index contributed by atoms with van der Waals surface area (Å²) < 4.78 is 11.1. The summed E-state index contributed by atoms with van der Waals surface area (Å²) in [5, 5.41) is 15.1. The number of benzene rings is 4. The van der Waals surface area contributed by atoms with Crippen LogP contribution in [0.15, 0.2) is 72.8 Å². The average Bonchev–Trinajstić information content (AvgIpc) is 2.84. The minimum absolute atomic E-state index is 0.0314. The largest absolute Gasteiger partial charge is 0.507 e. The molecule has 1 aromatic heterocycles. The lowest BCUT2D eigenvalue weighted by molar-refractivity contribution is 0.312. The van der Waals surface area contributed by atoms with Crippen molar-refractivity contribution in [3.05, 3.63) is 72.8 Å². The van der Waals surface area contributed by atoms with Gasteiger partial charge in [-0.25, -0.2) is 4.98 Å². The molecule has 4 aromatic carbocycles. The first-order chi connectivity index (χ1) is 16.2. The first-order valence-corrected chi connectivity index (χ1v) is 10.9. The van der Waals surface area contributed by atoms with Crippen LogP contribution in [0.4, 0.5) is 0 Å². The molecule has 0 amide bonds. The lowest BCUT2D eigenvalue weighted by Crippen LogP contribution is -2.03. The Morgan fingerprint density at radius 1 is 0.667 bits per heavy atom. The fourth-order valence-electron chi connectivity index (χ4n) is 3.99. The highest BCUT2D eigenvalue weighted by molar-refractivity contribution is 6.13. The van der Waals surface area contributed by atoms with Crippen LogP contribution in [-0.2, 0) is 0 Å². The zero-order valence-corrected chi connectivity index (χ0v) is 18.4. The number of rotatable bonds is 6. The third-order valence-corrected chi connectivity index (χ3v) is 5.42. The number of hydrogen-bond donors (Lipinski definition) is 1. The predicted octanol–water partition coefficient (Wildman–Crippen LogP) is 6.02. The number of fused-ring (bicyclic) bond motifs is 3. The van der Waals surface area contributed by atoms with Crippen molar-refractivity contribution in [2.45, 2.75) is 13.8 Å². The van der Waals surface area contributed by atoms with Crippen LogP contribution in [0.25, 0.3) is 44.3 Å². The molecule has 0 saturated carbocycles. The molecule has 0 atom stereocenters. The van der Waals surface area contributed by atoms with Crippen LogP contribution in [0, 0.1) is 0 Å². The van der Waals surface area contributed by atoms with Crippen molar-refractivity contribution in [2.75, 3.05) is 13.2 Å². The van der Waals surface area contributed by atoms with Crippen LogP contribution < -0.4 is 9.47 Å². The van der Waals surface area contributed by atoms with Crippen molar-refractivity contribution in [3.63, 3.8) is 0 Å². The highest BCUT2D eigenvalue weighted by atomic mass is 16.5. The van der Waals surface area contributed by atoms with E-state index in [1.165, 1.54) is 5.39 Å². The SMILES string of the molecule is CCOc1ccc(-c2nc(OCC)nc(-c3cc4ccccc4c4ccccc34)n2)c(O)c1. The molecule has 0 aliphatic heterocycles. The fraction of sp³-hybridized carbons (Fsp3) is 0.148. The van der Waals surface area contributed by atoms with E-state index in [0.29, 0.717) is 36.2 Å². The molecule has 5 aromatic rings. The second kappa shape index (κ2) is 8.74. The second-order valence-electron chi connectivity index (χ2n) is 7.50. The molecule has 1 N–H and O–H groups in total. The molecule has 0 spiro atoms. The first kappa shape index (κ1) is 20.7. The van der Waals surface area contributed by atoms with Gasteiger partial charge in [-0.1, -0.05) is 48.5 Å². The zero-order valence-electron chi connectivity index (χ0n) is 18.4. The number of phenolic OH excluding ortho intramolecular Hbond substituents is 1. The van der Waals surface area contributed by atoms with Gasteiger partial charge in [0, 0.05) is 11.6 Å². The maximum absolute atomic E-state index is 10.6. The minimum Gasteiger partial charge on any atom is -0.507 e. The van der Waals surface area contributed by atoms with Crippen LogP contribution in [0.2, 0.25) is 0 Å². The molecule has 6 heteroatoms. The van der Waals surface area contributed by atoms with Gasteiger partial charge in [-0.3, -0.25) is 0 Å². The predicted molar refractivity (Wildman–Crippen MR) is 130 cm³/mol. The highest BCUT2D eigenvalue weighted by Crippen LogP contribution is 2.36. The van der Waals surface area contributed by atoms with Gasteiger partial charge in [-0.2, -0.15) is 9.97 Å². The van der Waals surface area contributed by atoms with Crippen molar-refractivity contribution in [1.29, 1.82) is 0 Å². The summed E-state index contributed by atoms with van der Waals surface area (Å²) in [5.41, 5.74) is 1.35. The van der Waals surface area contributed by atoms with Crippen molar-refractivity contribution >= 4 is 21.5 Å². The molecular formula is C27H23N3O3.